The highest BCUT2D eigenvalue weighted by atomic mass is 19.3. The predicted molar refractivity (Wildman–Crippen MR) is 47.4 cm³/mol. The fourth-order valence-corrected chi connectivity index (χ4v) is 1.12. The van der Waals surface area contributed by atoms with E-state index < -0.39 is 12.1 Å². The lowest BCUT2D eigenvalue weighted by atomic mass is 10.1. The average molecular weight is 203 g/mol. The number of anilines is 1. The Bertz CT molecular complexity index is 331. The van der Waals surface area contributed by atoms with Crippen LogP contribution in [0.25, 0.3) is 0 Å². The van der Waals surface area contributed by atoms with E-state index in [1.807, 2.05) is 0 Å². The number of hydrogen-bond acceptors (Lipinski definition) is 4. The van der Waals surface area contributed by atoms with E-state index in [2.05, 4.69) is 4.98 Å². The number of aliphatic hydroxyl groups is 1. The summed E-state index contributed by atoms with van der Waals surface area (Å²) in [4.78, 5) is 3.60. The number of aliphatic hydroxyl groups excluding tert-OH is 1. The summed E-state index contributed by atoms with van der Waals surface area (Å²) >= 11 is 0. The molecule has 0 saturated heterocycles. The third-order valence-electron chi connectivity index (χ3n) is 1.82. The summed E-state index contributed by atoms with van der Waals surface area (Å²) in [6.07, 6.45) is -2.73. The molecular weight excluding hydrogens is 192 g/mol. The summed E-state index contributed by atoms with van der Waals surface area (Å²) in [6.45, 7) is -0.316. The van der Waals surface area contributed by atoms with Gasteiger partial charge in [0.15, 0.2) is 0 Å². The van der Waals surface area contributed by atoms with E-state index >= 15 is 0 Å². The number of nitrogens with zero attached hydrogens (tertiary/aromatic N) is 1. The molecule has 0 spiro atoms. The number of hydrogen-bond donors (Lipinski definition) is 3. The topological polar surface area (TPSA) is 85.2 Å². The minimum Gasteiger partial charge on any atom is -0.397 e. The Labute approximate surface area is 79.6 Å². The van der Waals surface area contributed by atoms with Gasteiger partial charge >= 0.3 is 0 Å². The van der Waals surface area contributed by atoms with Gasteiger partial charge in [-0.2, -0.15) is 0 Å². The quantitative estimate of drug-likeness (QED) is 0.669. The van der Waals surface area contributed by atoms with Crippen LogP contribution in [0.15, 0.2) is 6.07 Å². The van der Waals surface area contributed by atoms with Crippen LogP contribution in [0.3, 0.4) is 0 Å². The van der Waals surface area contributed by atoms with Crippen LogP contribution in [0.5, 0.6) is 0 Å². The number of aromatic nitrogens is 1. The van der Waals surface area contributed by atoms with Gasteiger partial charge in [0.25, 0.3) is 6.43 Å². The standard InChI is InChI=1S/C8H11F2N3O/c9-8(10)7-5(12)1-4(3-14)6(2-11)13-7/h1,8,14H,2-3,11-12H2. The van der Waals surface area contributed by atoms with E-state index in [9.17, 15) is 8.78 Å². The molecular formula is C8H11F2N3O. The maximum atomic E-state index is 12.3. The highest BCUT2D eigenvalue weighted by Crippen LogP contribution is 2.24. The Kier molecular flexibility index (Phi) is 3.32. The van der Waals surface area contributed by atoms with Gasteiger partial charge in [-0.15, -0.1) is 0 Å². The monoisotopic (exact) mass is 203 g/mol. The van der Waals surface area contributed by atoms with Crippen molar-refractivity contribution in [2.24, 2.45) is 5.73 Å². The van der Waals surface area contributed by atoms with Gasteiger partial charge in [0.1, 0.15) is 5.69 Å². The Morgan fingerprint density at radius 2 is 2.14 bits per heavy atom. The fourth-order valence-electron chi connectivity index (χ4n) is 1.12. The van der Waals surface area contributed by atoms with Crippen molar-refractivity contribution in [3.63, 3.8) is 0 Å². The average Bonchev–Trinajstić information content (AvgIpc) is 2.16. The molecule has 0 aliphatic heterocycles. The fraction of sp³-hybridized carbons (Fsp3) is 0.375. The number of nitrogen functional groups attached to an aromatic ring is 1. The number of rotatable bonds is 3. The van der Waals surface area contributed by atoms with Crippen LogP contribution >= 0.6 is 0 Å². The second-order valence-electron chi connectivity index (χ2n) is 2.73. The molecule has 6 heteroatoms. The zero-order valence-corrected chi connectivity index (χ0v) is 7.37. The molecule has 5 N–H and O–H groups in total. The Morgan fingerprint density at radius 1 is 1.50 bits per heavy atom. The molecule has 14 heavy (non-hydrogen) atoms. The van der Waals surface area contributed by atoms with Gasteiger partial charge in [0.05, 0.1) is 18.0 Å². The molecule has 4 nitrogen and oxygen atoms in total. The molecule has 1 aromatic rings. The summed E-state index contributed by atoms with van der Waals surface area (Å²) in [5.41, 5.74) is 10.6. The second-order valence-corrected chi connectivity index (χ2v) is 2.73. The number of halogens is 2. The second kappa shape index (κ2) is 4.30. The van der Waals surface area contributed by atoms with Crippen LogP contribution in [0, 0.1) is 0 Å². The van der Waals surface area contributed by atoms with Crippen molar-refractivity contribution in [2.75, 3.05) is 5.73 Å². The van der Waals surface area contributed by atoms with E-state index in [1.165, 1.54) is 6.07 Å². The number of alkyl halides is 2. The van der Waals surface area contributed by atoms with Gasteiger partial charge in [-0.25, -0.2) is 13.8 Å². The molecule has 0 amide bonds. The lowest BCUT2D eigenvalue weighted by Gasteiger charge is -2.09. The van der Waals surface area contributed by atoms with Crippen LogP contribution in [-0.2, 0) is 13.2 Å². The van der Waals surface area contributed by atoms with Gasteiger partial charge in [-0.1, -0.05) is 0 Å². The summed E-state index contributed by atoms with van der Waals surface area (Å²) < 4.78 is 24.7. The first-order valence-electron chi connectivity index (χ1n) is 3.97. The van der Waals surface area contributed by atoms with Crippen molar-refractivity contribution in [1.82, 2.24) is 4.98 Å². The van der Waals surface area contributed by atoms with E-state index in [0.717, 1.165) is 0 Å². The molecule has 1 aromatic heterocycles. The molecule has 0 aromatic carbocycles. The first-order chi connectivity index (χ1) is 6.60. The SMILES string of the molecule is NCc1nc(C(F)F)c(N)cc1CO. The smallest absolute Gasteiger partial charge is 0.282 e. The minimum absolute atomic E-state index is 0.00407. The lowest BCUT2D eigenvalue weighted by Crippen LogP contribution is -2.09. The van der Waals surface area contributed by atoms with E-state index in [0.29, 0.717) is 5.56 Å². The minimum atomic E-state index is -2.73. The summed E-state index contributed by atoms with van der Waals surface area (Å²) in [7, 11) is 0. The molecule has 0 aliphatic carbocycles. The Balaban J connectivity index is 3.23. The molecule has 0 fully saturated rings. The van der Waals surface area contributed by atoms with Crippen LogP contribution in [0.4, 0.5) is 14.5 Å². The zero-order chi connectivity index (χ0) is 10.7. The zero-order valence-electron chi connectivity index (χ0n) is 7.37. The van der Waals surface area contributed by atoms with Crippen molar-refractivity contribution in [3.8, 4) is 0 Å². The highest BCUT2D eigenvalue weighted by molar-refractivity contribution is 5.47. The van der Waals surface area contributed by atoms with Gasteiger partial charge in [0.2, 0.25) is 0 Å². The largest absolute Gasteiger partial charge is 0.397 e. The van der Waals surface area contributed by atoms with Crippen molar-refractivity contribution >= 4 is 5.69 Å². The van der Waals surface area contributed by atoms with Crippen molar-refractivity contribution in [2.45, 2.75) is 19.6 Å². The Morgan fingerprint density at radius 3 is 2.57 bits per heavy atom. The first-order valence-corrected chi connectivity index (χ1v) is 3.97. The van der Waals surface area contributed by atoms with Gasteiger partial charge in [-0.05, 0) is 6.07 Å². The molecule has 0 bridgehead atoms. The van der Waals surface area contributed by atoms with Crippen LogP contribution in [0.1, 0.15) is 23.4 Å². The van der Waals surface area contributed by atoms with Crippen molar-refractivity contribution < 1.29 is 13.9 Å². The van der Waals surface area contributed by atoms with E-state index in [4.69, 9.17) is 16.6 Å². The predicted octanol–water partition coefficient (Wildman–Crippen LogP) is 0.552. The summed E-state index contributed by atoms with van der Waals surface area (Å²) in [5.74, 6) is 0. The molecule has 0 atom stereocenters. The summed E-state index contributed by atoms with van der Waals surface area (Å²) in [6, 6.07) is 1.27. The molecule has 0 unspecified atom stereocenters. The van der Waals surface area contributed by atoms with E-state index in [-0.39, 0.29) is 24.5 Å². The normalized spacial score (nSPS) is 10.9. The molecule has 1 heterocycles. The third kappa shape index (κ3) is 1.97. The first kappa shape index (κ1) is 10.8. The maximum absolute atomic E-state index is 12.3. The lowest BCUT2D eigenvalue weighted by molar-refractivity contribution is 0.146. The van der Waals surface area contributed by atoms with Crippen molar-refractivity contribution in [1.29, 1.82) is 0 Å². The van der Waals surface area contributed by atoms with Crippen LogP contribution in [-0.4, -0.2) is 10.1 Å². The van der Waals surface area contributed by atoms with Crippen molar-refractivity contribution in [3.05, 3.63) is 23.0 Å². The molecule has 0 saturated carbocycles. The van der Waals surface area contributed by atoms with Gasteiger partial charge in [-0.3, -0.25) is 0 Å². The Hall–Kier alpha value is -1.27. The molecule has 1 rings (SSSR count). The highest BCUT2D eigenvalue weighted by Gasteiger charge is 2.16. The van der Waals surface area contributed by atoms with Gasteiger partial charge < -0.3 is 16.6 Å². The van der Waals surface area contributed by atoms with Gasteiger partial charge in [0, 0.05) is 12.1 Å². The summed E-state index contributed by atoms with van der Waals surface area (Å²) in [5, 5.41) is 8.86. The third-order valence-corrected chi connectivity index (χ3v) is 1.82. The number of pyridine rings is 1. The van der Waals surface area contributed by atoms with Crippen LogP contribution < -0.4 is 11.5 Å². The molecule has 0 aliphatic rings. The number of nitrogens with two attached hydrogens (primary N) is 2. The molecule has 0 radical (unpaired) electrons. The molecule has 78 valence electrons. The van der Waals surface area contributed by atoms with Crippen LogP contribution in [0.2, 0.25) is 0 Å². The van der Waals surface area contributed by atoms with E-state index in [1.54, 1.807) is 0 Å². The maximum Gasteiger partial charge on any atom is 0.282 e.